The molecule has 2 aromatic heterocycles. The molecule has 18 heavy (non-hydrogen) atoms. The molecule has 0 aliphatic heterocycles. The number of aromatic nitrogens is 4. The number of aliphatic hydroxyl groups is 1. The highest BCUT2D eigenvalue weighted by molar-refractivity contribution is 5.90. The topological polar surface area (TPSA) is 92.4 Å². The summed E-state index contributed by atoms with van der Waals surface area (Å²) in [6.45, 7) is 2.50. The predicted octanol–water partition coefficient (Wildman–Crippen LogP) is -0.0650. The molecule has 7 heteroatoms. The van der Waals surface area contributed by atoms with Crippen molar-refractivity contribution >= 4 is 11.7 Å². The summed E-state index contributed by atoms with van der Waals surface area (Å²) >= 11 is 0. The first-order chi connectivity index (χ1) is 8.72. The highest BCUT2D eigenvalue weighted by Crippen LogP contribution is 2.01. The Labute approximate surface area is 104 Å². The van der Waals surface area contributed by atoms with E-state index in [-0.39, 0.29) is 18.3 Å². The Morgan fingerprint density at radius 1 is 1.50 bits per heavy atom. The molecule has 1 amide bonds. The van der Waals surface area contributed by atoms with Crippen LogP contribution in [0.2, 0.25) is 0 Å². The van der Waals surface area contributed by atoms with Gasteiger partial charge in [-0.15, -0.1) is 5.10 Å². The van der Waals surface area contributed by atoms with Gasteiger partial charge in [0.05, 0.1) is 0 Å². The second-order valence-electron chi connectivity index (χ2n) is 3.92. The fraction of sp³-hybridized carbons (Fsp3) is 0.455. The number of carbonyl (C=O) groups excluding carboxylic acids is 1. The molecule has 0 radical (unpaired) electrons. The first-order valence-corrected chi connectivity index (χ1v) is 5.80. The maximum absolute atomic E-state index is 11.7. The van der Waals surface area contributed by atoms with Crippen LogP contribution < -0.4 is 5.32 Å². The van der Waals surface area contributed by atoms with Gasteiger partial charge in [0.2, 0.25) is 5.82 Å². The van der Waals surface area contributed by atoms with Crippen LogP contribution in [-0.4, -0.2) is 43.7 Å². The standard InChI is InChI=1S/C11H15N5O2/c1-8-4-6-13-11-14-9(15-16(8)11)10(18)12-5-2-3-7-17/h4,6,17H,2-3,5,7H2,1H3,(H,12,18). The van der Waals surface area contributed by atoms with Gasteiger partial charge in [-0.2, -0.15) is 4.98 Å². The number of nitrogens with zero attached hydrogens (tertiary/aromatic N) is 4. The third-order valence-electron chi connectivity index (χ3n) is 2.50. The molecular weight excluding hydrogens is 234 g/mol. The fourth-order valence-electron chi connectivity index (χ4n) is 1.52. The van der Waals surface area contributed by atoms with Gasteiger partial charge < -0.3 is 10.4 Å². The molecule has 0 unspecified atom stereocenters. The Hall–Kier alpha value is -2.02. The first kappa shape index (κ1) is 12.4. The first-order valence-electron chi connectivity index (χ1n) is 5.80. The summed E-state index contributed by atoms with van der Waals surface area (Å²) in [6, 6.07) is 1.80. The highest BCUT2D eigenvalue weighted by atomic mass is 16.2. The lowest BCUT2D eigenvalue weighted by molar-refractivity contribution is 0.0942. The summed E-state index contributed by atoms with van der Waals surface area (Å²) in [7, 11) is 0. The van der Waals surface area contributed by atoms with Gasteiger partial charge in [0.15, 0.2) is 0 Å². The minimum absolute atomic E-state index is 0.112. The van der Waals surface area contributed by atoms with E-state index in [1.807, 2.05) is 6.92 Å². The van der Waals surface area contributed by atoms with Crippen molar-refractivity contribution in [3.63, 3.8) is 0 Å². The van der Waals surface area contributed by atoms with E-state index in [0.29, 0.717) is 18.7 Å². The van der Waals surface area contributed by atoms with E-state index in [9.17, 15) is 4.79 Å². The Morgan fingerprint density at radius 2 is 2.33 bits per heavy atom. The second-order valence-corrected chi connectivity index (χ2v) is 3.92. The van der Waals surface area contributed by atoms with Gasteiger partial charge in [-0.05, 0) is 25.8 Å². The zero-order valence-electron chi connectivity index (χ0n) is 10.1. The largest absolute Gasteiger partial charge is 0.396 e. The minimum Gasteiger partial charge on any atom is -0.396 e. The van der Waals surface area contributed by atoms with Gasteiger partial charge >= 0.3 is 0 Å². The fourth-order valence-corrected chi connectivity index (χ4v) is 1.52. The van der Waals surface area contributed by atoms with Crippen molar-refractivity contribution in [1.29, 1.82) is 0 Å². The molecule has 0 fully saturated rings. The van der Waals surface area contributed by atoms with Crippen molar-refractivity contribution in [3.8, 4) is 0 Å². The van der Waals surface area contributed by atoms with Gasteiger partial charge in [-0.25, -0.2) is 9.50 Å². The van der Waals surface area contributed by atoms with Crippen molar-refractivity contribution in [2.24, 2.45) is 0 Å². The smallest absolute Gasteiger partial charge is 0.291 e. The number of nitrogens with one attached hydrogen (secondary N) is 1. The van der Waals surface area contributed by atoms with Gasteiger partial charge in [-0.1, -0.05) is 0 Å². The Morgan fingerprint density at radius 3 is 3.06 bits per heavy atom. The molecule has 0 aliphatic rings. The number of hydrogen-bond acceptors (Lipinski definition) is 5. The van der Waals surface area contributed by atoms with E-state index in [2.05, 4.69) is 20.4 Å². The zero-order chi connectivity index (χ0) is 13.0. The molecule has 2 rings (SSSR count). The van der Waals surface area contributed by atoms with Crippen LogP contribution in [0, 0.1) is 6.92 Å². The molecule has 0 bridgehead atoms. The molecule has 0 saturated heterocycles. The quantitative estimate of drug-likeness (QED) is 0.724. The molecule has 96 valence electrons. The van der Waals surface area contributed by atoms with Crippen molar-refractivity contribution in [1.82, 2.24) is 24.9 Å². The Kier molecular flexibility index (Phi) is 3.83. The number of carbonyl (C=O) groups is 1. The van der Waals surface area contributed by atoms with Gasteiger partial charge in [0.25, 0.3) is 11.7 Å². The van der Waals surface area contributed by atoms with Gasteiger partial charge in [0.1, 0.15) is 0 Å². The number of aryl methyl sites for hydroxylation is 1. The summed E-state index contributed by atoms with van der Waals surface area (Å²) < 4.78 is 1.53. The maximum Gasteiger partial charge on any atom is 0.291 e. The van der Waals surface area contributed by atoms with Crippen LogP contribution in [0.15, 0.2) is 12.3 Å². The monoisotopic (exact) mass is 249 g/mol. The van der Waals surface area contributed by atoms with Crippen molar-refractivity contribution < 1.29 is 9.90 Å². The summed E-state index contributed by atoms with van der Waals surface area (Å²) in [4.78, 5) is 19.8. The number of unbranched alkanes of at least 4 members (excludes halogenated alkanes) is 1. The molecule has 0 aromatic carbocycles. The van der Waals surface area contributed by atoms with Crippen LogP contribution in [0.3, 0.4) is 0 Å². The van der Waals surface area contributed by atoms with E-state index in [0.717, 1.165) is 12.1 Å². The highest BCUT2D eigenvalue weighted by Gasteiger charge is 2.13. The molecule has 2 N–H and O–H groups in total. The average Bonchev–Trinajstić information content (AvgIpc) is 2.80. The molecule has 2 aromatic rings. The zero-order valence-corrected chi connectivity index (χ0v) is 10.1. The van der Waals surface area contributed by atoms with Crippen molar-refractivity contribution in [3.05, 3.63) is 23.8 Å². The number of amides is 1. The van der Waals surface area contributed by atoms with Crippen LogP contribution in [0.5, 0.6) is 0 Å². The number of aliphatic hydroxyl groups excluding tert-OH is 1. The number of fused-ring (bicyclic) bond motifs is 1. The van der Waals surface area contributed by atoms with E-state index < -0.39 is 0 Å². The lowest BCUT2D eigenvalue weighted by Crippen LogP contribution is -2.25. The second kappa shape index (κ2) is 5.54. The summed E-state index contributed by atoms with van der Waals surface area (Å²) in [5.41, 5.74) is 0.867. The SMILES string of the molecule is Cc1ccnc2nc(C(=O)NCCCCO)nn12. The summed E-state index contributed by atoms with van der Waals surface area (Å²) in [5, 5.41) is 15.4. The van der Waals surface area contributed by atoms with Crippen LogP contribution in [-0.2, 0) is 0 Å². The Bertz CT molecular complexity index is 551. The lowest BCUT2D eigenvalue weighted by Gasteiger charge is -2.00. The summed E-state index contributed by atoms with van der Waals surface area (Å²) in [5.74, 6) is 0.203. The normalized spacial score (nSPS) is 10.8. The van der Waals surface area contributed by atoms with Crippen molar-refractivity contribution in [2.45, 2.75) is 19.8 Å². The molecule has 2 heterocycles. The molecule has 0 atom stereocenters. The summed E-state index contributed by atoms with van der Waals surface area (Å²) in [6.07, 6.45) is 3.02. The van der Waals surface area contributed by atoms with E-state index in [1.165, 1.54) is 4.52 Å². The molecular formula is C11H15N5O2. The van der Waals surface area contributed by atoms with E-state index >= 15 is 0 Å². The minimum atomic E-state index is -0.321. The predicted molar refractivity (Wildman–Crippen MR) is 64.2 cm³/mol. The van der Waals surface area contributed by atoms with Gasteiger partial charge in [0, 0.05) is 25.0 Å². The number of rotatable bonds is 5. The van der Waals surface area contributed by atoms with Crippen LogP contribution in [0.1, 0.15) is 29.2 Å². The van der Waals surface area contributed by atoms with Crippen molar-refractivity contribution in [2.75, 3.05) is 13.2 Å². The third kappa shape index (κ3) is 2.62. The van der Waals surface area contributed by atoms with E-state index in [4.69, 9.17) is 5.11 Å². The van der Waals surface area contributed by atoms with E-state index in [1.54, 1.807) is 12.3 Å². The molecule has 0 spiro atoms. The van der Waals surface area contributed by atoms with Crippen LogP contribution >= 0.6 is 0 Å². The van der Waals surface area contributed by atoms with Crippen LogP contribution in [0.4, 0.5) is 0 Å². The molecule has 0 saturated carbocycles. The molecule has 7 nitrogen and oxygen atoms in total. The van der Waals surface area contributed by atoms with Crippen LogP contribution in [0.25, 0.3) is 5.78 Å². The third-order valence-corrected chi connectivity index (χ3v) is 2.50. The number of hydrogen-bond donors (Lipinski definition) is 2. The molecule has 0 aliphatic carbocycles. The Balaban J connectivity index is 2.06. The lowest BCUT2D eigenvalue weighted by atomic mass is 10.3. The van der Waals surface area contributed by atoms with Gasteiger partial charge in [-0.3, -0.25) is 4.79 Å². The average molecular weight is 249 g/mol. The maximum atomic E-state index is 11.7.